The molecule has 0 aliphatic carbocycles. The van der Waals surface area contributed by atoms with E-state index in [4.69, 9.17) is 10.5 Å². The first kappa shape index (κ1) is 11.3. The van der Waals surface area contributed by atoms with Crippen LogP contribution in [0.25, 0.3) is 0 Å². The van der Waals surface area contributed by atoms with E-state index in [-0.39, 0.29) is 5.41 Å². The molecule has 0 aromatic heterocycles. The van der Waals surface area contributed by atoms with Crippen molar-refractivity contribution in [3.05, 3.63) is 65.2 Å². The van der Waals surface area contributed by atoms with Gasteiger partial charge >= 0.3 is 0 Å². The molecule has 2 aromatic carbocycles. The van der Waals surface area contributed by atoms with Gasteiger partial charge in [0.1, 0.15) is 0 Å². The maximum absolute atomic E-state index is 5.76. The van der Waals surface area contributed by atoms with E-state index < -0.39 is 0 Å². The van der Waals surface area contributed by atoms with Crippen LogP contribution in [-0.2, 0) is 10.2 Å². The molecule has 0 unspecified atom stereocenters. The molecule has 0 spiro atoms. The Kier molecular flexibility index (Phi) is 2.60. The van der Waals surface area contributed by atoms with E-state index >= 15 is 0 Å². The van der Waals surface area contributed by atoms with Crippen LogP contribution in [0.3, 0.4) is 0 Å². The first-order valence-electron chi connectivity index (χ1n) is 6.22. The van der Waals surface area contributed by atoms with Crippen LogP contribution in [0, 0.1) is 6.92 Å². The second-order valence-electron chi connectivity index (χ2n) is 5.07. The van der Waals surface area contributed by atoms with Crippen molar-refractivity contribution in [2.24, 2.45) is 0 Å². The fraction of sp³-hybridized carbons (Fsp3) is 0.250. The normalized spacial score (nSPS) is 17.2. The third-order valence-electron chi connectivity index (χ3n) is 3.73. The zero-order chi connectivity index (χ0) is 12.6. The second kappa shape index (κ2) is 4.14. The molecule has 0 radical (unpaired) electrons. The highest BCUT2D eigenvalue weighted by Gasteiger charge is 2.41. The summed E-state index contributed by atoms with van der Waals surface area (Å²) in [5.74, 6) is 0. The molecule has 1 heterocycles. The molecule has 1 aliphatic heterocycles. The van der Waals surface area contributed by atoms with Crippen LogP contribution in [0.5, 0.6) is 0 Å². The van der Waals surface area contributed by atoms with Gasteiger partial charge in [0.2, 0.25) is 0 Å². The average Bonchev–Trinajstić information content (AvgIpc) is 2.30. The van der Waals surface area contributed by atoms with Crippen molar-refractivity contribution in [2.75, 3.05) is 18.9 Å². The van der Waals surface area contributed by atoms with Crippen LogP contribution in [0.4, 0.5) is 5.69 Å². The molecule has 2 N–H and O–H groups in total. The molecule has 0 saturated carbocycles. The number of anilines is 1. The lowest BCUT2D eigenvalue weighted by molar-refractivity contribution is -0.0380. The standard InChI is InChI=1S/C16H17NO/c1-12-3-2-4-14(9-12)16(10-18-11-16)13-5-7-15(17)8-6-13/h2-9H,10-11,17H2,1H3. The third kappa shape index (κ3) is 1.70. The molecule has 2 heteroatoms. The second-order valence-corrected chi connectivity index (χ2v) is 5.07. The predicted octanol–water partition coefficient (Wildman–Crippen LogP) is 2.89. The van der Waals surface area contributed by atoms with Gasteiger partial charge in [0.15, 0.2) is 0 Å². The van der Waals surface area contributed by atoms with Gasteiger partial charge in [0.25, 0.3) is 0 Å². The number of hydrogen-bond acceptors (Lipinski definition) is 2. The first-order valence-corrected chi connectivity index (χ1v) is 6.22. The summed E-state index contributed by atoms with van der Waals surface area (Å²) in [6.45, 7) is 3.63. The van der Waals surface area contributed by atoms with E-state index in [9.17, 15) is 0 Å². The van der Waals surface area contributed by atoms with Crippen molar-refractivity contribution in [2.45, 2.75) is 12.3 Å². The van der Waals surface area contributed by atoms with Crippen LogP contribution in [-0.4, -0.2) is 13.2 Å². The number of hydrogen-bond donors (Lipinski definition) is 1. The molecular weight excluding hydrogens is 222 g/mol. The first-order chi connectivity index (χ1) is 8.71. The highest BCUT2D eigenvalue weighted by atomic mass is 16.5. The lowest BCUT2D eigenvalue weighted by Gasteiger charge is -2.42. The Labute approximate surface area is 107 Å². The van der Waals surface area contributed by atoms with E-state index in [1.54, 1.807) is 0 Å². The van der Waals surface area contributed by atoms with Crippen molar-refractivity contribution in [1.82, 2.24) is 0 Å². The van der Waals surface area contributed by atoms with Crippen molar-refractivity contribution in [3.8, 4) is 0 Å². The Bertz CT molecular complexity index is 556. The van der Waals surface area contributed by atoms with Gasteiger partial charge in [-0.1, -0.05) is 42.0 Å². The Hall–Kier alpha value is -1.80. The van der Waals surface area contributed by atoms with E-state index in [2.05, 4.69) is 43.3 Å². The van der Waals surface area contributed by atoms with Gasteiger partial charge in [0.05, 0.1) is 18.6 Å². The van der Waals surface area contributed by atoms with E-state index in [1.807, 2.05) is 12.1 Å². The van der Waals surface area contributed by atoms with Crippen molar-refractivity contribution >= 4 is 5.69 Å². The Morgan fingerprint density at radius 2 is 1.72 bits per heavy atom. The van der Waals surface area contributed by atoms with Crippen LogP contribution < -0.4 is 5.73 Å². The Balaban J connectivity index is 2.07. The zero-order valence-corrected chi connectivity index (χ0v) is 10.5. The molecule has 0 atom stereocenters. The summed E-state index contributed by atoms with van der Waals surface area (Å²) >= 11 is 0. The summed E-state index contributed by atoms with van der Waals surface area (Å²) in [5.41, 5.74) is 10.5. The van der Waals surface area contributed by atoms with Crippen molar-refractivity contribution < 1.29 is 4.74 Å². The Morgan fingerprint density at radius 1 is 1.00 bits per heavy atom. The predicted molar refractivity (Wildman–Crippen MR) is 73.6 cm³/mol. The molecule has 1 aliphatic rings. The molecule has 0 amide bonds. The molecular formula is C16H17NO. The Morgan fingerprint density at radius 3 is 2.28 bits per heavy atom. The number of aryl methyl sites for hydroxylation is 1. The molecule has 2 aromatic rings. The summed E-state index contributed by atoms with van der Waals surface area (Å²) in [6, 6.07) is 16.8. The zero-order valence-electron chi connectivity index (χ0n) is 10.5. The minimum absolute atomic E-state index is 0.0136. The fourth-order valence-electron chi connectivity index (χ4n) is 2.55. The number of benzene rings is 2. The summed E-state index contributed by atoms with van der Waals surface area (Å²) in [7, 11) is 0. The molecule has 92 valence electrons. The number of nitrogen functional groups attached to an aromatic ring is 1. The van der Waals surface area contributed by atoms with E-state index in [0.29, 0.717) is 0 Å². The van der Waals surface area contributed by atoms with Gasteiger partial charge < -0.3 is 10.5 Å². The molecule has 3 rings (SSSR count). The van der Waals surface area contributed by atoms with E-state index in [1.165, 1.54) is 16.7 Å². The molecule has 18 heavy (non-hydrogen) atoms. The lowest BCUT2D eigenvalue weighted by atomic mass is 9.72. The molecule has 1 saturated heterocycles. The minimum Gasteiger partial charge on any atom is -0.399 e. The molecule has 1 fully saturated rings. The average molecular weight is 239 g/mol. The largest absolute Gasteiger partial charge is 0.399 e. The topological polar surface area (TPSA) is 35.2 Å². The highest BCUT2D eigenvalue weighted by Crippen LogP contribution is 2.39. The van der Waals surface area contributed by atoms with Gasteiger partial charge in [-0.25, -0.2) is 0 Å². The minimum atomic E-state index is 0.0136. The monoisotopic (exact) mass is 239 g/mol. The van der Waals surface area contributed by atoms with Crippen molar-refractivity contribution in [3.63, 3.8) is 0 Å². The number of ether oxygens (including phenoxy) is 1. The number of rotatable bonds is 2. The maximum atomic E-state index is 5.76. The van der Waals surface area contributed by atoms with Gasteiger partial charge in [-0.05, 0) is 30.2 Å². The van der Waals surface area contributed by atoms with Gasteiger partial charge in [0, 0.05) is 5.69 Å². The van der Waals surface area contributed by atoms with Gasteiger partial charge in [-0.15, -0.1) is 0 Å². The fourth-order valence-corrected chi connectivity index (χ4v) is 2.55. The SMILES string of the molecule is Cc1cccc(C2(c3ccc(N)cc3)COC2)c1. The summed E-state index contributed by atoms with van der Waals surface area (Å²) < 4.78 is 5.49. The molecule has 2 nitrogen and oxygen atoms in total. The van der Waals surface area contributed by atoms with Crippen molar-refractivity contribution in [1.29, 1.82) is 0 Å². The number of nitrogens with two attached hydrogens (primary N) is 1. The molecule has 0 bridgehead atoms. The van der Waals surface area contributed by atoms with Gasteiger partial charge in [-0.3, -0.25) is 0 Å². The van der Waals surface area contributed by atoms with Crippen LogP contribution in [0.15, 0.2) is 48.5 Å². The highest BCUT2D eigenvalue weighted by molar-refractivity contribution is 5.47. The lowest BCUT2D eigenvalue weighted by Crippen LogP contribution is -2.47. The van der Waals surface area contributed by atoms with E-state index in [0.717, 1.165) is 18.9 Å². The summed E-state index contributed by atoms with van der Waals surface area (Å²) in [5, 5.41) is 0. The van der Waals surface area contributed by atoms with Crippen LogP contribution >= 0.6 is 0 Å². The summed E-state index contributed by atoms with van der Waals surface area (Å²) in [6.07, 6.45) is 0. The third-order valence-corrected chi connectivity index (χ3v) is 3.73. The summed E-state index contributed by atoms with van der Waals surface area (Å²) in [4.78, 5) is 0. The van der Waals surface area contributed by atoms with Gasteiger partial charge in [-0.2, -0.15) is 0 Å². The van der Waals surface area contributed by atoms with Crippen LogP contribution in [0.1, 0.15) is 16.7 Å². The quantitative estimate of drug-likeness (QED) is 0.818. The smallest absolute Gasteiger partial charge is 0.0669 e. The maximum Gasteiger partial charge on any atom is 0.0669 e. The van der Waals surface area contributed by atoms with Crippen LogP contribution in [0.2, 0.25) is 0 Å².